The Morgan fingerprint density at radius 2 is 1.90 bits per heavy atom. The summed E-state index contributed by atoms with van der Waals surface area (Å²) in [5, 5.41) is 12.7. The monoisotopic (exact) mass is 428 g/mol. The summed E-state index contributed by atoms with van der Waals surface area (Å²) in [6, 6.07) is 9.44. The van der Waals surface area contributed by atoms with Gasteiger partial charge in [-0.1, -0.05) is 19.9 Å². The smallest absolute Gasteiger partial charge is 0.264 e. The molecule has 1 unspecified atom stereocenters. The van der Waals surface area contributed by atoms with Crippen LogP contribution in [0.2, 0.25) is 0 Å². The topological polar surface area (TPSA) is 76.4 Å². The summed E-state index contributed by atoms with van der Waals surface area (Å²) < 4.78 is 13.3. The van der Waals surface area contributed by atoms with Gasteiger partial charge in [0, 0.05) is 31.7 Å². The number of anilines is 1. The number of carbonyl (C=O) groups excluding carboxylic acids is 2. The summed E-state index contributed by atoms with van der Waals surface area (Å²) in [6.45, 7) is 8.34. The standard InChI is InChI=1S/C22H25FN4O2S/c1-14(2)18(13-24)26-7-9-27(10-8-26)22(29)20-15(3)11-19(30-20)25-21(28)16-5-4-6-17(23)12-16/h4-6,11-12,14,18H,7-10H2,1-3H3,(H,25,28). The maximum atomic E-state index is 13.3. The van der Waals surface area contributed by atoms with Crippen molar-refractivity contribution < 1.29 is 14.0 Å². The van der Waals surface area contributed by atoms with Gasteiger partial charge in [-0.2, -0.15) is 5.26 Å². The van der Waals surface area contributed by atoms with Crippen LogP contribution in [0.3, 0.4) is 0 Å². The minimum absolute atomic E-state index is 0.0681. The van der Waals surface area contributed by atoms with Crippen molar-refractivity contribution in [3.8, 4) is 6.07 Å². The molecule has 0 spiro atoms. The molecule has 1 aliphatic heterocycles. The fourth-order valence-corrected chi connectivity index (χ4v) is 4.60. The molecule has 1 aromatic heterocycles. The first-order chi connectivity index (χ1) is 14.3. The van der Waals surface area contributed by atoms with Gasteiger partial charge in [-0.05, 0) is 42.7 Å². The predicted octanol–water partition coefficient (Wildman–Crippen LogP) is 3.75. The summed E-state index contributed by atoms with van der Waals surface area (Å²) in [4.78, 5) is 29.8. The molecule has 30 heavy (non-hydrogen) atoms. The van der Waals surface area contributed by atoms with Gasteiger partial charge in [0.2, 0.25) is 0 Å². The van der Waals surface area contributed by atoms with Gasteiger partial charge in [-0.15, -0.1) is 11.3 Å². The molecule has 1 saturated heterocycles. The Hall–Kier alpha value is -2.76. The molecule has 1 aromatic carbocycles. The molecule has 0 radical (unpaired) electrons. The van der Waals surface area contributed by atoms with Crippen molar-refractivity contribution in [3.63, 3.8) is 0 Å². The average Bonchev–Trinajstić information content (AvgIpc) is 3.08. The van der Waals surface area contributed by atoms with Crippen molar-refractivity contribution in [2.24, 2.45) is 5.92 Å². The van der Waals surface area contributed by atoms with Gasteiger partial charge in [0.25, 0.3) is 11.8 Å². The number of aryl methyl sites for hydroxylation is 1. The molecule has 8 heteroatoms. The first kappa shape index (κ1) is 21.9. The second-order valence-corrected chi connectivity index (χ2v) is 8.79. The van der Waals surface area contributed by atoms with E-state index in [-0.39, 0.29) is 23.4 Å². The minimum atomic E-state index is -0.476. The lowest BCUT2D eigenvalue weighted by Crippen LogP contribution is -2.52. The van der Waals surface area contributed by atoms with Gasteiger partial charge in [0.15, 0.2) is 0 Å². The van der Waals surface area contributed by atoms with Crippen LogP contribution in [0, 0.1) is 30.0 Å². The molecule has 158 valence electrons. The van der Waals surface area contributed by atoms with Gasteiger partial charge in [-0.25, -0.2) is 4.39 Å². The summed E-state index contributed by atoms with van der Waals surface area (Å²) in [5.74, 6) is -0.724. The molecule has 1 N–H and O–H groups in total. The Morgan fingerprint density at radius 3 is 2.50 bits per heavy atom. The third-order valence-corrected chi connectivity index (χ3v) is 6.33. The largest absolute Gasteiger partial charge is 0.335 e. The third-order valence-electron chi connectivity index (χ3n) is 5.19. The van der Waals surface area contributed by atoms with E-state index in [4.69, 9.17) is 0 Å². The molecule has 0 bridgehead atoms. The highest BCUT2D eigenvalue weighted by Crippen LogP contribution is 2.29. The molecule has 1 atom stereocenters. The Morgan fingerprint density at radius 1 is 1.20 bits per heavy atom. The lowest BCUT2D eigenvalue weighted by molar-refractivity contribution is 0.0580. The van der Waals surface area contributed by atoms with E-state index in [9.17, 15) is 19.2 Å². The minimum Gasteiger partial charge on any atom is -0.335 e. The number of carbonyl (C=O) groups is 2. The molecule has 1 aliphatic rings. The van der Waals surface area contributed by atoms with Crippen molar-refractivity contribution in [1.29, 1.82) is 5.26 Å². The molecule has 2 heterocycles. The maximum absolute atomic E-state index is 13.3. The fourth-order valence-electron chi connectivity index (χ4n) is 3.57. The number of rotatable bonds is 5. The van der Waals surface area contributed by atoms with Crippen LogP contribution < -0.4 is 5.32 Å². The number of benzene rings is 1. The summed E-state index contributed by atoms with van der Waals surface area (Å²) >= 11 is 1.22. The number of amides is 2. The number of piperazine rings is 1. The van der Waals surface area contributed by atoms with Crippen molar-refractivity contribution in [1.82, 2.24) is 9.80 Å². The Labute approximate surface area is 179 Å². The number of halogens is 1. The lowest BCUT2D eigenvalue weighted by Gasteiger charge is -2.38. The highest BCUT2D eigenvalue weighted by Gasteiger charge is 2.29. The zero-order chi connectivity index (χ0) is 21.8. The maximum Gasteiger partial charge on any atom is 0.264 e. The van der Waals surface area contributed by atoms with Gasteiger partial charge in [-0.3, -0.25) is 14.5 Å². The summed E-state index contributed by atoms with van der Waals surface area (Å²) in [7, 11) is 0. The average molecular weight is 429 g/mol. The fraction of sp³-hybridized carbons (Fsp3) is 0.409. The van der Waals surface area contributed by atoms with Crippen molar-refractivity contribution in [3.05, 3.63) is 52.2 Å². The molecular formula is C22H25FN4O2S. The molecule has 0 saturated carbocycles. The molecule has 0 aliphatic carbocycles. The van der Waals surface area contributed by atoms with Crippen LogP contribution in [0.25, 0.3) is 0 Å². The third kappa shape index (κ3) is 4.86. The first-order valence-corrected chi connectivity index (χ1v) is 10.7. The Kier molecular flexibility index (Phi) is 6.85. The number of hydrogen-bond donors (Lipinski definition) is 1. The molecule has 6 nitrogen and oxygen atoms in total. The van der Waals surface area contributed by atoms with E-state index in [1.165, 1.54) is 35.6 Å². The SMILES string of the molecule is Cc1cc(NC(=O)c2cccc(F)c2)sc1C(=O)N1CCN(C(C#N)C(C)C)CC1. The number of nitrogens with zero attached hydrogens (tertiary/aromatic N) is 3. The second kappa shape index (κ2) is 9.37. The molecular weight excluding hydrogens is 403 g/mol. The zero-order valence-electron chi connectivity index (χ0n) is 17.3. The van der Waals surface area contributed by atoms with Gasteiger partial charge < -0.3 is 10.2 Å². The summed E-state index contributed by atoms with van der Waals surface area (Å²) in [5.41, 5.74) is 1.02. The number of nitriles is 1. The normalized spacial score (nSPS) is 15.7. The lowest BCUT2D eigenvalue weighted by atomic mass is 10.0. The van der Waals surface area contributed by atoms with Crippen LogP contribution in [0.5, 0.6) is 0 Å². The van der Waals surface area contributed by atoms with Crippen LogP contribution in [0.1, 0.15) is 39.4 Å². The second-order valence-electron chi connectivity index (χ2n) is 7.73. The van der Waals surface area contributed by atoms with E-state index < -0.39 is 11.7 Å². The molecule has 1 fully saturated rings. The van der Waals surface area contributed by atoms with E-state index in [1.54, 1.807) is 11.0 Å². The predicted molar refractivity (Wildman–Crippen MR) is 115 cm³/mol. The molecule has 2 aromatic rings. The highest BCUT2D eigenvalue weighted by atomic mass is 32.1. The van der Waals surface area contributed by atoms with Crippen molar-refractivity contribution in [2.75, 3.05) is 31.5 Å². The Bertz CT molecular complexity index is 974. The Balaban J connectivity index is 1.65. The van der Waals surface area contributed by atoms with Gasteiger partial charge in [0.1, 0.15) is 11.9 Å². The van der Waals surface area contributed by atoms with Crippen LogP contribution in [-0.4, -0.2) is 53.8 Å². The quantitative estimate of drug-likeness (QED) is 0.787. The zero-order valence-corrected chi connectivity index (χ0v) is 18.1. The van der Waals surface area contributed by atoms with E-state index in [0.717, 1.165) is 5.56 Å². The van der Waals surface area contributed by atoms with Crippen LogP contribution in [-0.2, 0) is 0 Å². The molecule has 2 amide bonds. The van der Waals surface area contributed by atoms with Crippen molar-refractivity contribution in [2.45, 2.75) is 26.8 Å². The van der Waals surface area contributed by atoms with Gasteiger partial charge >= 0.3 is 0 Å². The number of nitrogens with one attached hydrogen (secondary N) is 1. The van der Waals surface area contributed by atoms with Crippen LogP contribution in [0.15, 0.2) is 30.3 Å². The van der Waals surface area contributed by atoms with Gasteiger partial charge in [0.05, 0.1) is 15.9 Å². The van der Waals surface area contributed by atoms with Crippen molar-refractivity contribution >= 4 is 28.2 Å². The van der Waals surface area contributed by atoms with E-state index in [0.29, 0.717) is 36.1 Å². The highest BCUT2D eigenvalue weighted by molar-refractivity contribution is 7.18. The first-order valence-electron chi connectivity index (χ1n) is 9.90. The summed E-state index contributed by atoms with van der Waals surface area (Å²) in [6.07, 6.45) is 0. The van der Waals surface area contributed by atoms with E-state index >= 15 is 0 Å². The molecule has 3 rings (SSSR count). The van der Waals surface area contributed by atoms with Crippen LogP contribution >= 0.6 is 11.3 Å². The van der Waals surface area contributed by atoms with E-state index in [1.807, 2.05) is 20.8 Å². The number of thiophene rings is 1. The number of hydrogen-bond acceptors (Lipinski definition) is 5. The van der Waals surface area contributed by atoms with E-state index in [2.05, 4.69) is 16.3 Å². The van der Waals surface area contributed by atoms with Crippen LogP contribution in [0.4, 0.5) is 9.39 Å².